The number of aromatic amines is 1. The van der Waals surface area contributed by atoms with Crippen LogP contribution in [0.4, 0.5) is 15.8 Å². The molecule has 0 spiro atoms. The number of aliphatic hydroxyl groups excluding tert-OH is 1. The van der Waals surface area contributed by atoms with Gasteiger partial charge in [0.2, 0.25) is 0 Å². The normalized spacial score (nSPS) is 14.9. The summed E-state index contributed by atoms with van der Waals surface area (Å²) < 4.78 is 16.0. The zero-order valence-corrected chi connectivity index (χ0v) is 19.4. The number of amides is 1. The standard InChI is InChI=1S/C25H29FN6O2/c1-15-11-20-22(31-8-5-17(6-9-31)27-7-10-33)4-3-19(23(20)28-15)25(34)30-18-12-21(26)24-29-16(2)13-32(24)14-18/h3-4,11-14,17,27-28,33H,5-10H2,1-2H3,(H,30,34). The van der Waals surface area contributed by atoms with Crippen LogP contribution in [0.3, 0.4) is 0 Å². The van der Waals surface area contributed by atoms with E-state index in [4.69, 9.17) is 5.11 Å². The maximum atomic E-state index is 14.5. The summed E-state index contributed by atoms with van der Waals surface area (Å²) >= 11 is 0. The monoisotopic (exact) mass is 464 g/mol. The Bertz CT molecular complexity index is 1350. The Kier molecular flexibility index (Phi) is 5.97. The van der Waals surface area contributed by atoms with Crippen LogP contribution in [0.15, 0.2) is 36.7 Å². The van der Waals surface area contributed by atoms with Gasteiger partial charge in [0, 0.05) is 60.9 Å². The molecule has 1 saturated heterocycles. The number of fused-ring (bicyclic) bond motifs is 2. The lowest BCUT2D eigenvalue weighted by molar-refractivity contribution is 0.102. The molecule has 34 heavy (non-hydrogen) atoms. The summed E-state index contributed by atoms with van der Waals surface area (Å²) in [7, 11) is 0. The van der Waals surface area contributed by atoms with Crippen LogP contribution in [0, 0.1) is 19.7 Å². The fourth-order valence-electron chi connectivity index (χ4n) is 4.84. The Balaban J connectivity index is 1.40. The maximum Gasteiger partial charge on any atom is 0.257 e. The van der Waals surface area contributed by atoms with E-state index in [1.807, 2.05) is 19.1 Å². The summed E-state index contributed by atoms with van der Waals surface area (Å²) in [6.45, 7) is 6.34. The number of aliphatic hydroxyl groups is 1. The van der Waals surface area contributed by atoms with Crippen molar-refractivity contribution in [2.24, 2.45) is 0 Å². The van der Waals surface area contributed by atoms with Crippen molar-refractivity contribution in [1.29, 1.82) is 0 Å². The molecule has 4 aromatic rings. The number of imidazole rings is 1. The number of anilines is 2. The van der Waals surface area contributed by atoms with Crippen LogP contribution in [0.1, 0.15) is 34.6 Å². The van der Waals surface area contributed by atoms with Gasteiger partial charge in [0.05, 0.1) is 29.1 Å². The van der Waals surface area contributed by atoms with Crippen LogP contribution in [0.5, 0.6) is 0 Å². The summed E-state index contributed by atoms with van der Waals surface area (Å²) in [6, 6.07) is 7.59. The van der Waals surface area contributed by atoms with Crippen molar-refractivity contribution < 1.29 is 14.3 Å². The van der Waals surface area contributed by atoms with Crippen LogP contribution in [-0.4, -0.2) is 57.7 Å². The lowest BCUT2D eigenvalue weighted by Gasteiger charge is -2.34. The van der Waals surface area contributed by atoms with Crippen molar-refractivity contribution >= 4 is 33.8 Å². The molecule has 1 aromatic carbocycles. The van der Waals surface area contributed by atoms with Crippen molar-refractivity contribution in [3.05, 3.63) is 59.4 Å². The minimum Gasteiger partial charge on any atom is -0.395 e. The predicted octanol–water partition coefficient (Wildman–Crippen LogP) is 3.37. The molecule has 0 saturated carbocycles. The summed E-state index contributed by atoms with van der Waals surface area (Å²) in [5.41, 5.74) is 4.65. The summed E-state index contributed by atoms with van der Waals surface area (Å²) in [5, 5.41) is 16.3. The molecule has 0 bridgehead atoms. The first-order valence-electron chi connectivity index (χ1n) is 11.6. The van der Waals surface area contributed by atoms with Crippen molar-refractivity contribution in [2.45, 2.75) is 32.7 Å². The number of rotatable bonds is 6. The van der Waals surface area contributed by atoms with Crippen LogP contribution in [0.2, 0.25) is 0 Å². The van der Waals surface area contributed by atoms with Gasteiger partial charge in [-0.2, -0.15) is 0 Å². The molecule has 9 heteroatoms. The molecule has 1 aliphatic heterocycles. The molecular formula is C25H29FN6O2. The third-order valence-electron chi connectivity index (χ3n) is 6.42. The average Bonchev–Trinajstić information content (AvgIpc) is 3.39. The maximum absolute atomic E-state index is 14.5. The van der Waals surface area contributed by atoms with E-state index in [1.54, 1.807) is 23.7 Å². The quantitative estimate of drug-likeness (QED) is 0.351. The van der Waals surface area contributed by atoms with Gasteiger partial charge >= 0.3 is 0 Å². The Morgan fingerprint density at radius 3 is 2.79 bits per heavy atom. The molecule has 1 amide bonds. The zero-order valence-electron chi connectivity index (χ0n) is 19.4. The van der Waals surface area contributed by atoms with Crippen molar-refractivity contribution in [1.82, 2.24) is 19.7 Å². The van der Waals surface area contributed by atoms with Gasteiger partial charge in [-0.3, -0.25) is 4.79 Å². The molecule has 0 atom stereocenters. The first-order chi connectivity index (χ1) is 16.4. The number of carbonyl (C=O) groups is 1. The second-order valence-corrected chi connectivity index (χ2v) is 8.96. The molecule has 8 nitrogen and oxygen atoms in total. The SMILES string of the molecule is Cc1cn2cc(NC(=O)c3ccc(N4CCC(NCCO)CC4)c4cc(C)[nH]c34)cc(F)c2n1. The van der Waals surface area contributed by atoms with Crippen molar-refractivity contribution in [3.63, 3.8) is 0 Å². The topological polar surface area (TPSA) is 97.7 Å². The molecule has 178 valence electrons. The van der Waals surface area contributed by atoms with Gasteiger partial charge in [-0.1, -0.05) is 0 Å². The largest absolute Gasteiger partial charge is 0.395 e. The van der Waals surface area contributed by atoms with Crippen LogP contribution < -0.4 is 15.5 Å². The number of benzene rings is 1. The van der Waals surface area contributed by atoms with Crippen molar-refractivity contribution in [3.8, 4) is 0 Å². The predicted molar refractivity (Wildman–Crippen MR) is 131 cm³/mol. The van der Waals surface area contributed by atoms with E-state index in [1.165, 1.54) is 6.07 Å². The summed E-state index contributed by atoms with van der Waals surface area (Å²) in [5.74, 6) is -0.792. The molecule has 4 N–H and O–H groups in total. The Morgan fingerprint density at radius 1 is 1.24 bits per heavy atom. The van der Waals surface area contributed by atoms with E-state index < -0.39 is 5.82 Å². The number of pyridine rings is 1. The molecular weight excluding hydrogens is 435 g/mol. The second kappa shape index (κ2) is 9.08. The third-order valence-corrected chi connectivity index (χ3v) is 6.42. The number of H-pyrrole nitrogens is 1. The number of aromatic nitrogens is 3. The van der Waals surface area contributed by atoms with Crippen LogP contribution >= 0.6 is 0 Å². The van der Waals surface area contributed by atoms with E-state index >= 15 is 0 Å². The van der Waals surface area contributed by atoms with Crippen LogP contribution in [0.25, 0.3) is 16.6 Å². The number of hydrogen-bond acceptors (Lipinski definition) is 5. The molecule has 0 unspecified atom stereocenters. The molecule has 1 aliphatic rings. The number of nitrogens with zero attached hydrogens (tertiary/aromatic N) is 3. The van der Waals surface area contributed by atoms with E-state index in [-0.39, 0.29) is 18.2 Å². The number of halogens is 1. The van der Waals surface area contributed by atoms with Gasteiger partial charge in [0.25, 0.3) is 5.91 Å². The molecule has 3 aromatic heterocycles. The average molecular weight is 465 g/mol. The molecule has 5 rings (SSSR count). The van der Waals surface area contributed by atoms with Gasteiger partial charge in [0.15, 0.2) is 11.5 Å². The van der Waals surface area contributed by atoms with Gasteiger partial charge in [-0.05, 0) is 44.9 Å². The first-order valence-corrected chi connectivity index (χ1v) is 11.6. The number of nitrogens with one attached hydrogen (secondary N) is 3. The third kappa shape index (κ3) is 4.24. The highest BCUT2D eigenvalue weighted by Crippen LogP contribution is 2.32. The fraction of sp³-hybridized carbons (Fsp3) is 0.360. The highest BCUT2D eigenvalue weighted by molar-refractivity contribution is 6.14. The molecule has 4 heterocycles. The fourth-order valence-corrected chi connectivity index (χ4v) is 4.84. The number of carbonyl (C=O) groups excluding carboxylic acids is 1. The van der Waals surface area contributed by atoms with E-state index in [2.05, 4.69) is 31.6 Å². The molecule has 0 aliphatic carbocycles. The van der Waals surface area contributed by atoms with Gasteiger partial charge in [-0.25, -0.2) is 9.37 Å². The Labute approximate surface area is 196 Å². The zero-order chi connectivity index (χ0) is 23.8. The highest BCUT2D eigenvalue weighted by Gasteiger charge is 2.23. The smallest absolute Gasteiger partial charge is 0.257 e. The Hall–Kier alpha value is -3.43. The van der Waals surface area contributed by atoms with Crippen LogP contribution in [-0.2, 0) is 0 Å². The highest BCUT2D eigenvalue weighted by atomic mass is 19.1. The van der Waals surface area contributed by atoms with E-state index in [0.29, 0.717) is 29.5 Å². The lowest BCUT2D eigenvalue weighted by atomic mass is 10.0. The number of piperidine rings is 1. The van der Waals surface area contributed by atoms with E-state index in [0.717, 1.165) is 48.2 Å². The first kappa shape index (κ1) is 22.4. The minimum atomic E-state index is -0.487. The van der Waals surface area contributed by atoms with E-state index in [9.17, 15) is 9.18 Å². The van der Waals surface area contributed by atoms with Gasteiger partial charge in [0.1, 0.15) is 0 Å². The summed E-state index contributed by atoms with van der Waals surface area (Å²) in [4.78, 5) is 23.0. The Morgan fingerprint density at radius 2 is 2.03 bits per heavy atom. The molecule has 0 radical (unpaired) electrons. The summed E-state index contributed by atoms with van der Waals surface area (Å²) in [6.07, 6.45) is 5.37. The van der Waals surface area contributed by atoms with Gasteiger partial charge in [-0.15, -0.1) is 0 Å². The second-order valence-electron chi connectivity index (χ2n) is 8.96. The number of aryl methyl sites for hydroxylation is 2. The number of hydrogen-bond donors (Lipinski definition) is 4. The lowest BCUT2D eigenvalue weighted by Crippen LogP contribution is -2.43. The van der Waals surface area contributed by atoms with Gasteiger partial charge < -0.3 is 30.0 Å². The molecule has 1 fully saturated rings. The van der Waals surface area contributed by atoms with Crippen molar-refractivity contribution in [2.75, 3.05) is 36.5 Å². The minimum absolute atomic E-state index is 0.148.